The van der Waals surface area contributed by atoms with Crippen molar-refractivity contribution in [3.8, 4) is 5.75 Å². The number of aromatic nitrogens is 1. The van der Waals surface area contributed by atoms with Crippen LogP contribution in [-0.2, 0) is 6.61 Å². The lowest BCUT2D eigenvalue weighted by Crippen LogP contribution is -2.06. The molecule has 3 nitrogen and oxygen atoms in total. The number of ether oxygens (including phenoxy) is 1. The molecule has 2 aromatic carbocycles. The predicted molar refractivity (Wildman–Crippen MR) is 74.9 cm³/mol. The minimum absolute atomic E-state index is 0.349. The molecule has 0 atom stereocenters. The minimum atomic E-state index is 0.349. The maximum absolute atomic E-state index is 7.77. The Balaban J connectivity index is 1.94. The van der Waals surface area contributed by atoms with E-state index in [-0.39, 0.29) is 0 Å². The summed E-state index contributed by atoms with van der Waals surface area (Å²) in [6.07, 6.45) is 0. The first-order valence-electron chi connectivity index (χ1n) is 6.16. The first-order chi connectivity index (χ1) is 9.33. The summed E-state index contributed by atoms with van der Waals surface area (Å²) in [5, 5.41) is 8.76. The molecule has 0 bridgehead atoms. The fraction of sp³-hybridized carbons (Fsp3) is 0.0625. The fourth-order valence-electron chi connectivity index (χ4n) is 2.05. The number of pyridine rings is 1. The van der Waals surface area contributed by atoms with Crippen LogP contribution >= 0.6 is 0 Å². The third-order valence-electron chi connectivity index (χ3n) is 2.97. The van der Waals surface area contributed by atoms with Crippen LogP contribution in [0.1, 0.15) is 5.56 Å². The first kappa shape index (κ1) is 11.5. The SMILES string of the molecule is N=c1cc(OCc2ccccc2)c2ccccc2[nH]1. The maximum Gasteiger partial charge on any atom is 0.132 e. The van der Waals surface area contributed by atoms with Gasteiger partial charge >= 0.3 is 0 Å². The number of hydrogen-bond donors (Lipinski definition) is 2. The molecule has 3 rings (SSSR count). The lowest BCUT2D eigenvalue weighted by atomic mass is 10.2. The summed E-state index contributed by atoms with van der Waals surface area (Å²) >= 11 is 0. The van der Waals surface area contributed by atoms with E-state index in [0.29, 0.717) is 12.1 Å². The highest BCUT2D eigenvalue weighted by atomic mass is 16.5. The summed E-state index contributed by atoms with van der Waals surface area (Å²) in [7, 11) is 0. The van der Waals surface area contributed by atoms with E-state index in [1.807, 2.05) is 54.6 Å². The monoisotopic (exact) mass is 250 g/mol. The number of H-pyrrole nitrogens is 1. The van der Waals surface area contributed by atoms with Crippen LogP contribution in [0.25, 0.3) is 10.9 Å². The third kappa shape index (κ3) is 2.50. The zero-order valence-electron chi connectivity index (χ0n) is 10.4. The Bertz CT molecular complexity index is 747. The van der Waals surface area contributed by atoms with Crippen molar-refractivity contribution < 1.29 is 4.74 Å². The Labute approximate surface area is 111 Å². The number of benzene rings is 2. The van der Waals surface area contributed by atoms with Crippen LogP contribution < -0.4 is 10.2 Å². The molecule has 0 unspecified atom stereocenters. The van der Waals surface area contributed by atoms with E-state index in [2.05, 4.69) is 4.98 Å². The molecule has 0 aliphatic rings. The topological polar surface area (TPSA) is 48.9 Å². The zero-order valence-corrected chi connectivity index (χ0v) is 10.4. The number of nitrogens with one attached hydrogen (secondary N) is 2. The van der Waals surface area contributed by atoms with Crippen molar-refractivity contribution >= 4 is 10.9 Å². The number of fused-ring (bicyclic) bond motifs is 1. The van der Waals surface area contributed by atoms with Gasteiger partial charge in [-0.1, -0.05) is 42.5 Å². The predicted octanol–water partition coefficient (Wildman–Crippen LogP) is 3.23. The summed E-state index contributed by atoms with van der Waals surface area (Å²) in [5.41, 5.74) is 2.38. The van der Waals surface area contributed by atoms with E-state index in [1.54, 1.807) is 6.07 Å². The smallest absolute Gasteiger partial charge is 0.132 e. The molecule has 0 saturated carbocycles. The minimum Gasteiger partial charge on any atom is -0.488 e. The van der Waals surface area contributed by atoms with E-state index in [9.17, 15) is 0 Å². The van der Waals surface area contributed by atoms with Crippen molar-refractivity contribution in [2.75, 3.05) is 0 Å². The Morgan fingerprint density at radius 3 is 2.53 bits per heavy atom. The van der Waals surface area contributed by atoms with E-state index in [1.165, 1.54) is 0 Å². The van der Waals surface area contributed by atoms with Crippen LogP contribution in [0.5, 0.6) is 5.75 Å². The van der Waals surface area contributed by atoms with Gasteiger partial charge in [-0.15, -0.1) is 0 Å². The normalized spacial score (nSPS) is 10.5. The second-order valence-corrected chi connectivity index (χ2v) is 4.37. The van der Waals surface area contributed by atoms with Crippen LogP contribution in [0.4, 0.5) is 0 Å². The van der Waals surface area contributed by atoms with E-state index in [0.717, 1.165) is 22.2 Å². The average Bonchev–Trinajstić information content (AvgIpc) is 2.45. The van der Waals surface area contributed by atoms with Crippen molar-refractivity contribution in [1.29, 1.82) is 5.41 Å². The number of hydrogen-bond acceptors (Lipinski definition) is 2. The van der Waals surface area contributed by atoms with Gasteiger partial charge in [0.15, 0.2) is 0 Å². The average molecular weight is 250 g/mol. The molecule has 0 radical (unpaired) electrons. The molecule has 94 valence electrons. The Kier molecular flexibility index (Phi) is 3.02. The molecule has 0 fully saturated rings. The van der Waals surface area contributed by atoms with Gasteiger partial charge in [-0.25, -0.2) is 0 Å². The van der Waals surface area contributed by atoms with Crippen LogP contribution in [0, 0.1) is 5.41 Å². The van der Waals surface area contributed by atoms with Gasteiger partial charge in [0.05, 0.1) is 5.52 Å². The highest BCUT2D eigenvalue weighted by Crippen LogP contribution is 2.22. The molecule has 3 aromatic rings. The van der Waals surface area contributed by atoms with Gasteiger partial charge in [-0.2, -0.15) is 0 Å². The van der Waals surface area contributed by atoms with Crippen LogP contribution in [0.15, 0.2) is 60.7 Å². The lowest BCUT2D eigenvalue weighted by Gasteiger charge is -2.09. The van der Waals surface area contributed by atoms with Crippen LogP contribution in [0.3, 0.4) is 0 Å². The highest BCUT2D eigenvalue weighted by Gasteiger charge is 2.03. The van der Waals surface area contributed by atoms with Gasteiger partial charge in [0.2, 0.25) is 0 Å². The van der Waals surface area contributed by atoms with Gasteiger partial charge in [-0.3, -0.25) is 5.41 Å². The molecule has 1 aromatic heterocycles. The van der Waals surface area contributed by atoms with Gasteiger partial charge in [0, 0.05) is 11.5 Å². The molecule has 0 amide bonds. The Hall–Kier alpha value is -2.55. The van der Waals surface area contributed by atoms with E-state index in [4.69, 9.17) is 10.1 Å². The van der Waals surface area contributed by atoms with Crippen molar-refractivity contribution in [1.82, 2.24) is 4.98 Å². The number of rotatable bonds is 3. The molecule has 3 heteroatoms. The van der Waals surface area contributed by atoms with Crippen molar-refractivity contribution in [3.63, 3.8) is 0 Å². The van der Waals surface area contributed by atoms with Gasteiger partial charge in [0.25, 0.3) is 0 Å². The molecular formula is C16H14N2O. The summed E-state index contributed by atoms with van der Waals surface area (Å²) in [4.78, 5) is 3.01. The summed E-state index contributed by atoms with van der Waals surface area (Å²) in [6.45, 7) is 0.508. The molecule has 0 saturated heterocycles. The number of aromatic amines is 1. The Morgan fingerprint density at radius 1 is 0.947 bits per heavy atom. The first-order valence-corrected chi connectivity index (χ1v) is 6.16. The molecule has 2 N–H and O–H groups in total. The summed E-state index contributed by atoms with van der Waals surface area (Å²) < 4.78 is 5.85. The van der Waals surface area contributed by atoms with Crippen LogP contribution in [-0.4, -0.2) is 4.98 Å². The van der Waals surface area contributed by atoms with Gasteiger partial charge in [-0.05, 0) is 17.7 Å². The van der Waals surface area contributed by atoms with Crippen molar-refractivity contribution in [2.45, 2.75) is 6.61 Å². The Morgan fingerprint density at radius 2 is 1.68 bits per heavy atom. The summed E-state index contributed by atoms with van der Waals surface area (Å²) in [6, 6.07) is 19.6. The van der Waals surface area contributed by atoms with Crippen molar-refractivity contribution in [3.05, 3.63) is 71.7 Å². The molecule has 1 heterocycles. The second kappa shape index (κ2) is 4.98. The molecule has 0 spiro atoms. The molecule has 19 heavy (non-hydrogen) atoms. The van der Waals surface area contributed by atoms with Crippen molar-refractivity contribution in [2.24, 2.45) is 0 Å². The van der Waals surface area contributed by atoms with Gasteiger partial charge in [0.1, 0.15) is 17.8 Å². The van der Waals surface area contributed by atoms with E-state index >= 15 is 0 Å². The zero-order chi connectivity index (χ0) is 13.1. The maximum atomic E-state index is 7.77. The van der Waals surface area contributed by atoms with Gasteiger partial charge < -0.3 is 9.72 Å². The van der Waals surface area contributed by atoms with Crippen LogP contribution in [0.2, 0.25) is 0 Å². The molecule has 0 aliphatic heterocycles. The second-order valence-electron chi connectivity index (χ2n) is 4.37. The lowest BCUT2D eigenvalue weighted by molar-refractivity contribution is 0.309. The third-order valence-corrected chi connectivity index (χ3v) is 2.97. The largest absolute Gasteiger partial charge is 0.488 e. The fourth-order valence-corrected chi connectivity index (χ4v) is 2.05. The number of para-hydroxylation sites is 1. The highest BCUT2D eigenvalue weighted by molar-refractivity contribution is 5.84. The standard InChI is InChI=1S/C16H14N2O/c17-16-10-15(13-8-4-5-9-14(13)18-16)19-11-12-6-2-1-3-7-12/h1-10H,11H2,(H2,17,18). The summed E-state index contributed by atoms with van der Waals surface area (Å²) in [5.74, 6) is 0.739. The molecule has 0 aliphatic carbocycles. The van der Waals surface area contributed by atoms with E-state index < -0.39 is 0 Å². The molecular weight excluding hydrogens is 236 g/mol. The quantitative estimate of drug-likeness (QED) is 0.736.